The zero-order chi connectivity index (χ0) is 21.3. The fourth-order valence-corrected chi connectivity index (χ4v) is 3.41. The van der Waals surface area contributed by atoms with Crippen LogP contribution < -0.4 is 4.74 Å². The van der Waals surface area contributed by atoms with Crippen molar-refractivity contribution >= 4 is 33.6 Å². The fraction of sp³-hybridized carbons (Fsp3) is 0.450. The van der Waals surface area contributed by atoms with Crippen molar-refractivity contribution < 1.29 is 14.3 Å². The molecule has 10 heteroatoms. The highest BCUT2D eigenvalue weighted by atomic mass is 16.5. The molecule has 0 aliphatic carbocycles. The Morgan fingerprint density at radius 3 is 2.67 bits per heavy atom. The van der Waals surface area contributed by atoms with Gasteiger partial charge in [0, 0.05) is 19.3 Å². The summed E-state index contributed by atoms with van der Waals surface area (Å²) in [6.45, 7) is 6.12. The SMILES string of the molecule is CCOC(=O)c1cnn2c1nc(OCCCN(C)C)c1cnc3c(cnn3CC)c12. The van der Waals surface area contributed by atoms with E-state index in [9.17, 15) is 4.79 Å². The van der Waals surface area contributed by atoms with Crippen molar-refractivity contribution in [3.05, 3.63) is 24.2 Å². The Bertz CT molecular complexity index is 1210. The molecule has 0 unspecified atom stereocenters. The molecular formula is C20H25N7O3. The van der Waals surface area contributed by atoms with E-state index in [4.69, 9.17) is 9.47 Å². The molecule has 0 bridgehead atoms. The minimum Gasteiger partial charge on any atom is -0.477 e. The van der Waals surface area contributed by atoms with Gasteiger partial charge in [-0.2, -0.15) is 15.2 Å². The summed E-state index contributed by atoms with van der Waals surface area (Å²) in [5, 5.41) is 10.4. The van der Waals surface area contributed by atoms with Crippen molar-refractivity contribution in [1.29, 1.82) is 0 Å². The van der Waals surface area contributed by atoms with E-state index in [1.165, 1.54) is 6.20 Å². The van der Waals surface area contributed by atoms with Crippen molar-refractivity contribution in [2.45, 2.75) is 26.8 Å². The highest BCUT2D eigenvalue weighted by Gasteiger charge is 2.22. The third-order valence-electron chi connectivity index (χ3n) is 4.81. The molecule has 158 valence electrons. The van der Waals surface area contributed by atoms with E-state index >= 15 is 0 Å². The molecular weight excluding hydrogens is 386 g/mol. The zero-order valence-corrected chi connectivity index (χ0v) is 17.6. The predicted octanol–water partition coefficient (Wildman–Crippen LogP) is 2.15. The van der Waals surface area contributed by atoms with Gasteiger partial charge in [0.25, 0.3) is 0 Å². The number of aryl methyl sites for hydroxylation is 1. The normalized spacial score (nSPS) is 11.8. The number of carbonyl (C=O) groups excluding carboxylic acids is 1. The maximum Gasteiger partial charge on any atom is 0.343 e. The Morgan fingerprint density at radius 1 is 1.10 bits per heavy atom. The average Bonchev–Trinajstić information content (AvgIpc) is 3.34. The molecule has 4 aromatic heterocycles. The van der Waals surface area contributed by atoms with Crippen LogP contribution in [0.3, 0.4) is 0 Å². The Balaban J connectivity index is 1.91. The lowest BCUT2D eigenvalue weighted by Crippen LogP contribution is -2.16. The van der Waals surface area contributed by atoms with Gasteiger partial charge in [0.1, 0.15) is 5.56 Å². The summed E-state index contributed by atoms with van der Waals surface area (Å²) in [6, 6.07) is 0. The molecule has 0 aromatic carbocycles. The summed E-state index contributed by atoms with van der Waals surface area (Å²) in [5.41, 5.74) is 2.18. The molecule has 0 spiro atoms. The second-order valence-corrected chi connectivity index (χ2v) is 7.15. The molecule has 0 saturated heterocycles. The molecule has 4 rings (SSSR count). The second-order valence-electron chi connectivity index (χ2n) is 7.15. The maximum atomic E-state index is 12.4. The van der Waals surface area contributed by atoms with Crippen LogP contribution >= 0.6 is 0 Å². The van der Waals surface area contributed by atoms with E-state index in [0.29, 0.717) is 35.6 Å². The summed E-state index contributed by atoms with van der Waals surface area (Å²) < 4.78 is 14.7. The van der Waals surface area contributed by atoms with Crippen LogP contribution in [0.2, 0.25) is 0 Å². The van der Waals surface area contributed by atoms with Crippen LogP contribution in [-0.2, 0) is 11.3 Å². The molecule has 4 heterocycles. The van der Waals surface area contributed by atoms with Crippen molar-refractivity contribution in [2.24, 2.45) is 0 Å². The van der Waals surface area contributed by atoms with Gasteiger partial charge in [-0.15, -0.1) is 0 Å². The monoisotopic (exact) mass is 411 g/mol. The summed E-state index contributed by atoms with van der Waals surface area (Å²) in [6.07, 6.45) is 5.81. The molecule has 10 nitrogen and oxygen atoms in total. The van der Waals surface area contributed by atoms with E-state index < -0.39 is 5.97 Å². The molecule has 0 N–H and O–H groups in total. The van der Waals surface area contributed by atoms with Crippen molar-refractivity contribution in [3.63, 3.8) is 0 Å². The zero-order valence-electron chi connectivity index (χ0n) is 17.6. The lowest BCUT2D eigenvalue weighted by atomic mass is 10.2. The Hall–Kier alpha value is -3.27. The molecule has 0 saturated carbocycles. The smallest absolute Gasteiger partial charge is 0.343 e. The van der Waals surface area contributed by atoms with Crippen LogP contribution in [0.1, 0.15) is 30.6 Å². The Kier molecular flexibility index (Phi) is 5.49. The van der Waals surface area contributed by atoms with Crippen LogP contribution in [0.25, 0.3) is 27.6 Å². The van der Waals surface area contributed by atoms with Gasteiger partial charge in [-0.25, -0.2) is 19.0 Å². The van der Waals surface area contributed by atoms with Crippen molar-refractivity contribution in [3.8, 4) is 5.88 Å². The fourth-order valence-electron chi connectivity index (χ4n) is 3.41. The minimum absolute atomic E-state index is 0.273. The first-order valence-electron chi connectivity index (χ1n) is 10.0. The number of esters is 1. The standard InChI is InChI=1S/C20H25N7O3/c1-5-26-17-13(11-22-26)16-14(10-21-17)19(30-9-7-8-25(3)4)24-18-15(12-23-27(16)18)20(28)29-6-2/h10-12H,5-9H2,1-4H3. The first kappa shape index (κ1) is 20.0. The van der Waals surface area contributed by atoms with Crippen molar-refractivity contribution in [2.75, 3.05) is 33.9 Å². The molecule has 0 atom stereocenters. The van der Waals surface area contributed by atoms with Crippen LogP contribution in [0, 0.1) is 0 Å². The van der Waals surface area contributed by atoms with Crippen LogP contribution in [0.5, 0.6) is 5.88 Å². The molecule has 30 heavy (non-hydrogen) atoms. The first-order valence-corrected chi connectivity index (χ1v) is 10.0. The van der Waals surface area contributed by atoms with Gasteiger partial charge in [0.15, 0.2) is 11.3 Å². The largest absolute Gasteiger partial charge is 0.477 e. The summed E-state index contributed by atoms with van der Waals surface area (Å²) in [7, 11) is 4.04. The summed E-state index contributed by atoms with van der Waals surface area (Å²) >= 11 is 0. The Morgan fingerprint density at radius 2 is 1.93 bits per heavy atom. The number of hydrogen-bond acceptors (Lipinski definition) is 8. The van der Waals surface area contributed by atoms with Gasteiger partial charge in [-0.3, -0.25) is 0 Å². The number of rotatable bonds is 8. The van der Waals surface area contributed by atoms with E-state index in [1.807, 2.05) is 25.7 Å². The van der Waals surface area contributed by atoms with E-state index in [2.05, 4.69) is 25.1 Å². The molecule has 0 aliphatic heterocycles. The topological polar surface area (TPSA) is 99.7 Å². The van der Waals surface area contributed by atoms with Crippen LogP contribution in [0.4, 0.5) is 0 Å². The lowest BCUT2D eigenvalue weighted by Gasteiger charge is -2.12. The molecule has 0 amide bonds. The Labute approximate surface area is 173 Å². The molecule has 0 fully saturated rings. The first-order chi connectivity index (χ1) is 14.5. The van der Waals surface area contributed by atoms with Gasteiger partial charge in [-0.1, -0.05) is 0 Å². The molecule has 0 radical (unpaired) electrons. The lowest BCUT2D eigenvalue weighted by molar-refractivity contribution is 0.0528. The number of carbonyl (C=O) groups is 1. The molecule has 0 aliphatic rings. The van der Waals surface area contributed by atoms with Crippen LogP contribution in [0.15, 0.2) is 18.6 Å². The second kappa shape index (κ2) is 8.23. The third-order valence-corrected chi connectivity index (χ3v) is 4.81. The van der Waals surface area contributed by atoms with E-state index in [0.717, 1.165) is 29.5 Å². The highest BCUT2D eigenvalue weighted by molar-refractivity contribution is 6.06. The number of hydrogen-bond donors (Lipinski definition) is 0. The summed E-state index contributed by atoms with van der Waals surface area (Å²) in [5.74, 6) is -0.0478. The molecule has 4 aromatic rings. The van der Waals surface area contributed by atoms with Gasteiger partial charge in [0.2, 0.25) is 5.88 Å². The maximum absolute atomic E-state index is 12.4. The van der Waals surface area contributed by atoms with Gasteiger partial charge >= 0.3 is 5.97 Å². The summed E-state index contributed by atoms with van der Waals surface area (Å²) in [4.78, 5) is 23.7. The van der Waals surface area contributed by atoms with Gasteiger partial charge in [0.05, 0.1) is 41.9 Å². The highest BCUT2D eigenvalue weighted by Crippen LogP contribution is 2.31. The predicted molar refractivity (Wildman–Crippen MR) is 112 cm³/mol. The van der Waals surface area contributed by atoms with E-state index in [1.54, 1.807) is 23.8 Å². The van der Waals surface area contributed by atoms with Crippen LogP contribution in [-0.4, -0.2) is 74.1 Å². The number of fused-ring (bicyclic) bond motifs is 5. The number of pyridine rings is 1. The van der Waals surface area contributed by atoms with Gasteiger partial charge in [-0.05, 0) is 34.4 Å². The number of ether oxygens (including phenoxy) is 2. The van der Waals surface area contributed by atoms with E-state index in [-0.39, 0.29) is 6.61 Å². The minimum atomic E-state index is -0.465. The van der Waals surface area contributed by atoms with Crippen molar-refractivity contribution in [1.82, 2.24) is 34.3 Å². The quantitative estimate of drug-likeness (QED) is 0.321. The van der Waals surface area contributed by atoms with Gasteiger partial charge < -0.3 is 14.4 Å². The third kappa shape index (κ3) is 3.43. The average molecular weight is 411 g/mol. The number of aromatic nitrogens is 6. The number of nitrogens with zero attached hydrogens (tertiary/aromatic N) is 7.